The van der Waals surface area contributed by atoms with Gasteiger partial charge in [0.1, 0.15) is 0 Å². The van der Waals surface area contributed by atoms with Crippen LogP contribution >= 0.6 is 27.5 Å². The molecular formula is C17H16BrClN4O. The zero-order valence-corrected chi connectivity index (χ0v) is 15.2. The predicted octanol–water partition coefficient (Wildman–Crippen LogP) is 4.40. The summed E-state index contributed by atoms with van der Waals surface area (Å²) >= 11 is 9.59. The molecule has 1 saturated heterocycles. The molecule has 7 heteroatoms. The number of nitrogens with zero attached hydrogens (tertiary/aromatic N) is 3. The van der Waals surface area contributed by atoms with E-state index in [9.17, 15) is 0 Å². The number of aromatic nitrogens is 3. The molecule has 5 nitrogen and oxygen atoms in total. The molecule has 124 valence electrons. The van der Waals surface area contributed by atoms with E-state index in [1.54, 1.807) is 6.20 Å². The fourth-order valence-electron chi connectivity index (χ4n) is 2.92. The molecule has 0 amide bonds. The smallest absolute Gasteiger partial charge is 0.0910 e. The van der Waals surface area contributed by atoms with Gasteiger partial charge in [0.05, 0.1) is 38.3 Å². The second-order valence-electron chi connectivity index (χ2n) is 5.81. The standard InChI is InChI=1S/C17H16BrClN4O/c18-14-10-20-16(8-15(14)22-12-3-5-24-6-4-12)17-2-1-13-7-11(19)9-21-23(13)17/h1-2,7-10,12H,3-6H2,(H,20,22). The van der Waals surface area contributed by atoms with E-state index in [-0.39, 0.29) is 0 Å². The molecule has 0 atom stereocenters. The average Bonchev–Trinajstić information content (AvgIpc) is 3.01. The fraction of sp³-hybridized carbons (Fsp3) is 0.294. The van der Waals surface area contributed by atoms with Crippen molar-refractivity contribution in [2.24, 2.45) is 0 Å². The van der Waals surface area contributed by atoms with Crippen LogP contribution in [0.4, 0.5) is 5.69 Å². The van der Waals surface area contributed by atoms with Crippen molar-refractivity contribution in [1.29, 1.82) is 0 Å². The van der Waals surface area contributed by atoms with Crippen LogP contribution in [0.3, 0.4) is 0 Å². The minimum absolute atomic E-state index is 0.422. The summed E-state index contributed by atoms with van der Waals surface area (Å²) in [4.78, 5) is 4.54. The van der Waals surface area contributed by atoms with E-state index in [2.05, 4.69) is 37.4 Å². The molecule has 0 unspecified atom stereocenters. The fourth-order valence-corrected chi connectivity index (χ4v) is 3.41. The third kappa shape index (κ3) is 3.14. The summed E-state index contributed by atoms with van der Waals surface area (Å²) in [6.07, 6.45) is 5.49. The molecule has 0 aromatic carbocycles. The molecule has 0 aliphatic carbocycles. The molecule has 1 aliphatic heterocycles. The van der Waals surface area contributed by atoms with Crippen molar-refractivity contribution < 1.29 is 4.74 Å². The van der Waals surface area contributed by atoms with E-state index < -0.39 is 0 Å². The highest BCUT2D eigenvalue weighted by atomic mass is 79.9. The van der Waals surface area contributed by atoms with Crippen LogP contribution in [0.5, 0.6) is 0 Å². The van der Waals surface area contributed by atoms with Crippen LogP contribution in [0.15, 0.2) is 41.1 Å². The van der Waals surface area contributed by atoms with Gasteiger partial charge in [-0.15, -0.1) is 0 Å². The largest absolute Gasteiger partial charge is 0.381 e. The summed E-state index contributed by atoms with van der Waals surface area (Å²) in [6, 6.07) is 8.36. The van der Waals surface area contributed by atoms with E-state index in [0.717, 1.165) is 53.1 Å². The van der Waals surface area contributed by atoms with E-state index in [0.29, 0.717) is 11.1 Å². The lowest BCUT2D eigenvalue weighted by Gasteiger charge is -2.24. The molecule has 0 radical (unpaired) electrons. The highest BCUT2D eigenvalue weighted by Gasteiger charge is 2.16. The summed E-state index contributed by atoms with van der Waals surface area (Å²) < 4.78 is 8.22. The quantitative estimate of drug-likeness (QED) is 0.699. The van der Waals surface area contributed by atoms with Crippen LogP contribution in [0.25, 0.3) is 16.9 Å². The van der Waals surface area contributed by atoms with Crippen molar-refractivity contribution >= 4 is 38.7 Å². The van der Waals surface area contributed by atoms with Gasteiger partial charge in [-0.05, 0) is 53.0 Å². The SMILES string of the molecule is Clc1cnn2c(-c3cc(NC4CCOCC4)c(Br)cn3)ccc2c1. The molecule has 24 heavy (non-hydrogen) atoms. The average molecular weight is 408 g/mol. The Morgan fingerprint density at radius 1 is 1.21 bits per heavy atom. The van der Waals surface area contributed by atoms with E-state index in [1.165, 1.54) is 0 Å². The maximum Gasteiger partial charge on any atom is 0.0910 e. The lowest BCUT2D eigenvalue weighted by Crippen LogP contribution is -2.28. The number of hydrogen-bond donors (Lipinski definition) is 1. The summed E-state index contributed by atoms with van der Waals surface area (Å²) in [5, 5.41) is 8.59. The van der Waals surface area contributed by atoms with Crippen LogP contribution in [-0.2, 0) is 4.74 Å². The number of fused-ring (bicyclic) bond motifs is 1. The van der Waals surface area contributed by atoms with Gasteiger partial charge in [-0.3, -0.25) is 4.98 Å². The van der Waals surface area contributed by atoms with Crippen molar-refractivity contribution in [2.75, 3.05) is 18.5 Å². The number of rotatable bonds is 3. The second-order valence-corrected chi connectivity index (χ2v) is 7.10. The lowest BCUT2D eigenvalue weighted by molar-refractivity contribution is 0.0904. The van der Waals surface area contributed by atoms with Crippen molar-refractivity contribution in [3.8, 4) is 11.4 Å². The summed E-state index contributed by atoms with van der Waals surface area (Å²) in [5.41, 5.74) is 3.78. The minimum atomic E-state index is 0.422. The monoisotopic (exact) mass is 406 g/mol. The van der Waals surface area contributed by atoms with Gasteiger partial charge >= 0.3 is 0 Å². The maximum atomic E-state index is 6.01. The van der Waals surface area contributed by atoms with Gasteiger partial charge in [0.2, 0.25) is 0 Å². The molecular weight excluding hydrogens is 392 g/mol. The molecule has 1 fully saturated rings. The Bertz CT molecular complexity index is 876. The first-order valence-electron chi connectivity index (χ1n) is 7.84. The Morgan fingerprint density at radius 2 is 2.04 bits per heavy atom. The summed E-state index contributed by atoms with van der Waals surface area (Å²) in [5.74, 6) is 0. The summed E-state index contributed by atoms with van der Waals surface area (Å²) in [7, 11) is 0. The number of anilines is 1. The topological polar surface area (TPSA) is 51.5 Å². The highest BCUT2D eigenvalue weighted by molar-refractivity contribution is 9.10. The zero-order valence-electron chi connectivity index (χ0n) is 12.9. The Labute approximate surface area is 153 Å². The van der Waals surface area contributed by atoms with Crippen molar-refractivity contribution in [3.05, 3.63) is 46.2 Å². The molecule has 1 N–H and O–H groups in total. The molecule has 3 aromatic heterocycles. The highest BCUT2D eigenvalue weighted by Crippen LogP contribution is 2.29. The Kier molecular flexibility index (Phi) is 4.43. The van der Waals surface area contributed by atoms with Gasteiger partial charge in [0.25, 0.3) is 0 Å². The van der Waals surface area contributed by atoms with Gasteiger partial charge in [-0.25, -0.2) is 4.52 Å². The van der Waals surface area contributed by atoms with E-state index >= 15 is 0 Å². The first-order valence-corrected chi connectivity index (χ1v) is 9.01. The molecule has 0 spiro atoms. The van der Waals surface area contributed by atoms with E-state index in [1.807, 2.05) is 28.9 Å². The third-order valence-electron chi connectivity index (χ3n) is 4.17. The first-order chi connectivity index (χ1) is 11.7. The van der Waals surface area contributed by atoms with Crippen molar-refractivity contribution in [3.63, 3.8) is 0 Å². The molecule has 0 saturated carbocycles. The van der Waals surface area contributed by atoms with Gasteiger partial charge in [-0.2, -0.15) is 5.10 Å². The first kappa shape index (κ1) is 15.9. The van der Waals surface area contributed by atoms with Gasteiger partial charge in [0, 0.05) is 25.5 Å². The van der Waals surface area contributed by atoms with Crippen LogP contribution in [0.1, 0.15) is 12.8 Å². The molecule has 1 aliphatic rings. The molecule has 0 bridgehead atoms. The minimum Gasteiger partial charge on any atom is -0.381 e. The van der Waals surface area contributed by atoms with Crippen LogP contribution in [0.2, 0.25) is 5.02 Å². The van der Waals surface area contributed by atoms with Crippen molar-refractivity contribution in [2.45, 2.75) is 18.9 Å². The number of pyridine rings is 1. The summed E-state index contributed by atoms with van der Waals surface area (Å²) in [6.45, 7) is 1.61. The Balaban J connectivity index is 1.68. The van der Waals surface area contributed by atoms with E-state index in [4.69, 9.17) is 16.3 Å². The lowest BCUT2D eigenvalue weighted by atomic mass is 10.1. The number of halogens is 2. The third-order valence-corrected chi connectivity index (χ3v) is 5.00. The zero-order chi connectivity index (χ0) is 16.5. The van der Waals surface area contributed by atoms with Gasteiger partial charge < -0.3 is 10.1 Å². The maximum absolute atomic E-state index is 6.01. The second kappa shape index (κ2) is 6.70. The molecule has 4 rings (SSSR count). The van der Waals surface area contributed by atoms with Gasteiger partial charge in [-0.1, -0.05) is 11.6 Å². The molecule has 4 heterocycles. The number of nitrogens with one attached hydrogen (secondary N) is 1. The van der Waals surface area contributed by atoms with Crippen LogP contribution in [-0.4, -0.2) is 33.9 Å². The predicted molar refractivity (Wildman–Crippen MR) is 98.6 cm³/mol. The Morgan fingerprint density at radius 3 is 2.88 bits per heavy atom. The van der Waals surface area contributed by atoms with Crippen LogP contribution in [0, 0.1) is 0 Å². The number of hydrogen-bond acceptors (Lipinski definition) is 4. The normalized spacial score (nSPS) is 15.8. The number of ether oxygens (including phenoxy) is 1. The van der Waals surface area contributed by atoms with Gasteiger partial charge in [0.15, 0.2) is 0 Å². The Hall–Kier alpha value is -1.63. The van der Waals surface area contributed by atoms with Crippen LogP contribution < -0.4 is 5.32 Å². The molecule has 3 aromatic rings. The van der Waals surface area contributed by atoms with Crippen molar-refractivity contribution in [1.82, 2.24) is 14.6 Å².